The SMILES string of the molecule is COC(=O)CNC(=O)Cc1ccc(NC(=O)c2ccc(Cl)c(S(=O)(=O)N(C)OC)c2)cc1. The fourth-order valence-electron chi connectivity index (χ4n) is 2.48. The molecule has 0 heterocycles. The molecule has 0 aliphatic carbocycles. The second kappa shape index (κ2) is 11.0. The van der Waals surface area contributed by atoms with Gasteiger partial charge >= 0.3 is 5.97 Å². The van der Waals surface area contributed by atoms with Crippen LogP contribution >= 0.6 is 11.6 Å². The van der Waals surface area contributed by atoms with Crippen molar-refractivity contribution in [1.82, 2.24) is 9.79 Å². The van der Waals surface area contributed by atoms with Gasteiger partial charge in [-0.2, -0.15) is 0 Å². The molecule has 12 heteroatoms. The summed E-state index contributed by atoms with van der Waals surface area (Å²) in [5.41, 5.74) is 1.17. The lowest BCUT2D eigenvalue weighted by Crippen LogP contribution is -2.31. The number of carbonyl (C=O) groups excluding carboxylic acids is 3. The van der Waals surface area contributed by atoms with Gasteiger partial charge in [-0.1, -0.05) is 28.2 Å². The molecular formula is C20H22ClN3O7S. The van der Waals surface area contributed by atoms with Crippen molar-refractivity contribution in [3.8, 4) is 0 Å². The Hall–Kier alpha value is -2.99. The molecule has 0 saturated carbocycles. The number of amides is 2. The molecule has 0 unspecified atom stereocenters. The van der Waals surface area contributed by atoms with E-state index in [1.165, 1.54) is 33.4 Å². The fourth-order valence-corrected chi connectivity index (χ4v) is 3.95. The molecule has 0 saturated heterocycles. The number of ether oxygens (including phenoxy) is 1. The average molecular weight is 484 g/mol. The lowest BCUT2D eigenvalue weighted by atomic mass is 10.1. The maximum atomic E-state index is 12.6. The Labute approximate surface area is 190 Å². The first-order valence-electron chi connectivity index (χ1n) is 9.15. The molecule has 0 radical (unpaired) electrons. The molecule has 32 heavy (non-hydrogen) atoms. The summed E-state index contributed by atoms with van der Waals surface area (Å²) in [5.74, 6) is -1.46. The second-order valence-corrected chi connectivity index (χ2v) is 8.73. The molecule has 0 bridgehead atoms. The van der Waals surface area contributed by atoms with E-state index in [0.29, 0.717) is 15.7 Å². The molecule has 0 aromatic heterocycles. The minimum absolute atomic E-state index is 0.0383. The molecule has 2 rings (SSSR count). The number of benzene rings is 2. The highest BCUT2D eigenvalue weighted by Gasteiger charge is 2.25. The molecule has 10 nitrogen and oxygen atoms in total. The summed E-state index contributed by atoms with van der Waals surface area (Å²) in [6, 6.07) is 10.3. The quantitative estimate of drug-likeness (QED) is 0.409. The number of esters is 1. The second-order valence-electron chi connectivity index (χ2n) is 6.42. The highest BCUT2D eigenvalue weighted by atomic mass is 35.5. The molecule has 0 aliphatic rings. The van der Waals surface area contributed by atoms with Crippen LogP contribution in [0, 0.1) is 0 Å². The van der Waals surface area contributed by atoms with Crippen molar-refractivity contribution in [3.63, 3.8) is 0 Å². The summed E-state index contributed by atoms with van der Waals surface area (Å²) >= 11 is 6.00. The number of nitrogens with one attached hydrogen (secondary N) is 2. The van der Waals surface area contributed by atoms with Crippen LogP contribution in [0.5, 0.6) is 0 Å². The normalized spacial score (nSPS) is 11.2. The number of carbonyl (C=O) groups is 3. The van der Waals surface area contributed by atoms with Crippen molar-refractivity contribution in [2.75, 3.05) is 33.1 Å². The van der Waals surface area contributed by atoms with Crippen LogP contribution in [0.3, 0.4) is 0 Å². The van der Waals surface area contributed by atoms with E-state index < -0.39 is 21.9 Å². The van der Waals surface area contributed by atoms with Crippen molar-refractivity contribution >= 4 is 45.1 Å². The number of methoxy groups -OCH3 is 1. The summed E-state index contributed by atoms with van der Waals surface area (Å²) in [6.07, 6.45) is 0.0383. The van der Waals surface area contributed by atoms with E-state index in [0.717, 1.165) is 6.07 Å². The monoisotopic (exact) mass is 483 g/mol. The van der Waals surface area contributed by atoms with Crippen LogP contribution in [0.4, 0.5) is 5.69 Å². The molecular weight excluding hydrogens is 462 g/mol. The van der Waals surface area contributed by atoms with Gasteiger partial charge in [-0.05, 0) is 35.9 Å². The molecule has 2 amide bonds. The first-order chi connectivity index (χ1) is 15.1. The van der Waals surface area contributed by atoms with Crippen molar-refractivity contribution < 1.29 is 32.4 Å². The van der Waals surface area contributed by atoms with E-state index in [1.54, 1.807) is 24.3 Å². The number of nitrogens with zero attached hydrogens (tertiary/aromatic N) is 1. The third-order valence-corrected chi connectivity index (χ3v) is 6.46. The van der Waals surface area contributed by atoms with Crippen molar-refractivity contribution in [2.24, 2.45) is 0 Å². The lowest BCUT2D eigenvalue weighted by Gasteiger charge is -2.16. The highest BCUT2D eigenvalue weighted by Crippen LogP contribution is 2.26. The van der Waals surface area contributed by atoms with Gasteiger partial charge in [-0.15, -0.1) is 0 Å². The van der Waals surface area contributed by atoms with Crippen molar-refractivity contribution in [3.05, 3.63) is 58.6 Å². The van der Waals surface area contributed by atoms with Crippen LogP contribution < -0.4 is 10.6 Å². The van der Waals surface area contributed by atoms with Crippen LogP contribution in [0.25, 0.3) is 0 Å². The third-order valence-electron chi connectivity index (χ3n) is 4.30. The highest BCUT2D eigenvalue weighted by molar-refractivity contribution is 7.89. The van der Waals surface area contributed by atoms with Gasteiger partial charge in [-0.25, -0.2) is 8.42 Å². The largest absolute Gasteiger partial charge is 0.468 e. The Morgan fingerprint density at radius 1 is 1.06 bits per heavy atom. The Balaban J connectivity index is 2.08. The van der Waals surface area contributed by atoms with Gasteiger partial charge in [0.1, 0.15) is 11.4 Å². The molecule has 0 atom stereocenters. The van der Waals surface area contributed by atoms with Crippen LogP contribution in [-0.4, -0.2) is 58.5 Å². The van der Waals surface area contributed by atoms with Crippen molar-refractivity contribution in [1.29, 1.82) is 0 Å². The Morgan fingerprint density at radius 2 is 1.72 bits per heavy atom. The summed E-state index contributed by atoms with van der Waals surface area (Å²) in [6.45, 7) is -0.220. The first-order valence-corrected chi connectivity index (χ1v) is 11.0. The Kier molecular flexibility index (Phi) is 8.72. The average Bonchev–Trinajstić information content (AvgIpc) is 2.78. The predicted molar refractivity (Wildman–Crippen MR) is 117 cm³/mol. The number of hydroxylamine groups is 1. The summed E-state index contributed by atoms with van der Waals surface area (Å²) in [4.78, 5) is 39.9. The van der Waals surface area contributed by atoms with Gasteiger partial charge in [-0.3, -0.25) is 19.2 Å². The van der Waals surface area contributed by atoms with E-state index >= 15 is 0 Å². The zero-order valence-electron chi connectivity index (χ0n) is 17.5. The van der Waals surface area contributed by atoms with Gasteiger partial charge in [0, 0.05) is 18.3 Å². The molecule has 172 valence electrons. The molecule has 2 aromatic rings. The van der Waals surface area contributed by atoms with Crippen LogP contribution in [-0.2, 0) is 35.6 Å². The molecule has 2 N–H and O–H groups in total. The fraction of sp³-hybridized carbons (Fsp3) is 0.250. The standard InChI is InChI=1S/C20H22ClN3O7S/c1-24(31-3)32(28,29)17-11-14(6-9-16(17)21)20(27)23-15-7-4-13(5-8-15)10-18(25)22-12-19(26)30-2/h4-9,11H,10,12H2,1-3H3,(H,22,25)(H,23,27). The minimum atomic E-state index is -4.05. The van der Waals surface area contributed by atoms with Gasteiger partial charge < -0.3 is 15.4 Å². The number of anilines is 1. The number of halogens is 1. The number of hydrogen-bond donors (Lipinski definition) is 2. The summed E-state index contributed by atoms with van der Waals surface area (Å²) in [5, 5.41) is 5.02. The summed E-state index contributed by atoms with van der Waals surface area (Å²) in [7, 11) is -0.427. The zero-order valence-corrected chi connectivity index (χ0v) is 19.1. The van der Waals surface area contributed by atoms with E-state index in [9.17, 15) is 22.8 Å². The van der Waals surface area contributed by atoms with Crippen LogP contribution in [0.15, 0.2) is 47.4 Å². The summed E-state index contributed by atoms with van der Waals surface area (Å²) < 4.78 is 30.0. The molecule has 2 aromatic carbocycles. The maximum Gasteiger partial charge on any atom is 0.325 e. The zero-order chi connectivity index (χ0) is 23.9. The van der Waals surface area contributed by atoms with Crippen molar-refractivity contribution in [2.45, 2.75) is 11.3 Å². The lowest BCUT2D eigenvalue weighted by molar-refractivity contribution is -0.141. The third kappa shape index (κ3) is 6.50. The molecule has 0 fully saturated rings. The number of hydrogen-bond acceptors (Lipinski definition) is 7. The molecule has 0 spiro atoms. The number of sulfonamides is 1. The van der Waals surface area contributed by atoms with E-state index in [2.05, 4.69) is 15.4 Å². The van der Waals surface area contributed by atoms with E-state index in [-0.39, 0.29) is 34.4 Å². The van der Waals surface area contributed by atoms with E-state index in [1.807, 2.05) is 0 Å². The van der Waals surface area contributed by atoms with Gasteiger partial charge in [0.05, 0.1) is 25.7 Å². The first kappa shape index (κ1) is 25.3. The van der Waals surface area contributed by atoms with Crippen LogP contribution in [0.1, 0.15) is 15.9 Å². The van der Waals surface area contributed by atoms with Gasteiger partial charge in [0.25, 0.3) is 15.9 Å². The van der Waals surface area contributed by atoms with E-state index in [4.69, 9.17) is 16.4 Å². The van der Waals surface area contributed by atoms with Gasteiger partial charge in [0.15, 0.2) is 0 Å². The smallest absolute Gasteiger partial charge is 0.325 e. The van der Waals surface area contributed by atoms with Gasteiger partial charge in [0.2, 0.25) is 5.91 Å². The number of rotatable bonds is 9. The maximum absolute atomic E-state index is 12.6. The topological polar surface area (TPSA) is 131 Å². The minimum Gasteiger partial charge on any atom is -0.468 e. The Bertz CT molecular complexity index is 1100. The molecule has 0 aliphatic heterocycles. The van der Waals surface area contributed by atoms with Crippen LogP contribution in [0.2, 0.25) is 5.02 Å². The predicted octanol–water partition coefficient (Wildman–Crippen LogP) is 1.61. The Morgan fingerprint density at radius 3 is 2.31 bits per heavy atom.